The molecule has 1 aliphatic rings. The lowest BCUT2D eigenvalue weighted by molar-refractivity contribution is -0.133. The van der Waals surface area contributed by atoms with E-state index in [-0.39, 0.29) is 12.5 Å². The minimum Gasteiger partial charge on any atom is -0.478 e. The number of hydrogen-bond donors (Lipinski definition) is 2. The van der Waals surface area contributed by atoms with Gasteiger partial charge in [-0.2, -0.15) is 0 Å². The number of aliphatic hydroxyl groups excluding tert-OH is 1. The average Bonchev–Trinajstić information content (AvgIpc) is 1.61. The highest BCUT2D eigenvalue weighted by Gasteiger charge is 2.22. The third-order valence-corrected chi connectivity index (χ3v) is 1.43. The maximum atomic E-state index is 10.1. The lowest BCUT2D eigenvalue weighted by atomic mass is 9.87. The second-order valence-corrected chi connectivity index (χ2v) is 2.14. The summed E-state index contributed by atoms with van der Waals surface area (Å²) in [6, 6.07) is 0. The van der Waals surface area contributed by atoms with Crippen LogP contribution in [-0.2, 0) is 4.79 Å². The molecule has 0 amide bonds. The van der Waals surface area contributed by atoms with Gasteiger partial charge in [0.1, 0.15) is 0 Å². The molecule has 0 aliphatic heterocycles. The predicted molar refractivity (Wildman–Crippen MR) is 30.9 cm³/mol. The van der Waals surface area contributed by atoms with Gasteiger partial charge in [-0.3, -0.25) is 0 Å². The Morgan fingerprint density at radius 1 is 1.89 bits per heavy atom. The fraction of sp³-hybridized carbons (Fsp3) is 0.500. The molecule has 9 heavy (non-hydrogen) atoms. The molecule has 0 saturated heterocycles. The molecule has 1 unspecified atom stereocenters. The standard InChI is InChI=1S/C6H8O3/c7-3-4-1-5(2-4)6(8)9/h1,4,7H,2-3H2,(H,8,9). The van der Waals surface area contributed by atoms with E-state index >= 15 is 0 Å². The van der Waals surface area contributed by atoms with Gasteiger partial charge in [0.15, 0.2) is 0 Å². The zero-order valence-electron chi connectivity index (χ0n) is 4.87. The van der Waals surface area contributed by atoms with Gasteiger partial charge < -0.3 is 10.2 Å². The van der Waals surface area contributed by atoms with E-state index in [9.17, 15) is 4.79 Å². The topological polar surface area (TPSA) is 57.5 Å². The molecule has 1 atom stereocenters. The number of rotatable bonds is 2. The van der Waals surface area contributed by atoms with Crippen LogP contribution in [-0.4, -0.2) is 22.8 Å². The van der Waals surface area contributed by atoms with Gasteiger partial charge in [0.25, 0.3) is 0 Å². The molecule has 0 fully saturated rings. The Labute approximate surface area is 52.6 Å². The fourth-order valence-corrected chi connectivity index (χ4v) is 0.809. The van der Waals surface area contributed by atoms with Crippen LogP contribution in [0.25, 0.3) is 0 Å². The first kappa shape index (κ1) is 6.29. The largest absolute Gasteiger partial charge is 0.478 e. The molecule has 0 saturated carbocycles. The van der Waals surface area contributed by atoms with E-state index in [1.165, 1.54) is 0 Å². The maximum Gasteiger partial charge on any atom is 0.331 e. The lowest BCUT2D eigenvalue weighted by Gasteiger charge is -2.19. The summed E-state index contributed by atoms with van der Waals surface area (Å²) < 4.78 is 0. The summed E-state index contributed by atoms with van der Waals surface area (Å²) in [7, 11) is 0. The summed E-state index contributed by atoms with van der Waals surface area (Å²) in [5.74, 6) is -0.768. The molecular weight excluding hydrogens is 120 g/mol. The van der Waals surface area contributed by atoms with E-state index in [0.29, 0.717) is 12.0 Å². The molecule has 0 spiro atoms. The Morgan fingerprint density at radius 2 is 2.44 bits per heavy atom. The van der Waals surface area contributed by atoms with E-state index in [0.717, 1.165) is 0 Å². The number of carboxylic acids is 1. The Morgan fingerprint density at radius 3 is 2.78 bits per heavy atom. The van der Waals surface area contributed by atoms with Crippen LogP contribution in [0.2, 0.25) is 0 Å². The highest BCUT2D eigenvalue weighted by atomic mass is 16.4. The zero-order chi connectivity index (χ0) is 6.85. The molecule has 0 aromatic carbocycles. The minimum atomic E-state index is -0.861. The van der Waals surface area contributed by atoms with Gasteiger partial charge >= 0.3 is 5.97 Å². The third kappa shape index (κ3) is 1.10. The van der Waals surface area contributed by atoms with Gasteiger partial charge in [-0.25, -0.2) is 4.79 Å². The van der Waals surface area contributed by atoms with E-state index in [1.807, 2.05) is 0 Å². The first-order valence-electron chi connectivity index (χ1n) is 2.79. The van der Waals surface area contributed by atoms with Crippen LogP contribution < -0.4 is 0 Å². The molecule has 3 heteroatoms. The number of aliphatic hydroxyl groups is 1. The van der Waals surface area contributed by atoms with Crippen molar-refractivity contribution in [3.63, 3.8) is 0 Å². The van der Waals surface area contributed by atoms with Crippen LogP contribution in [0, 0.1) is 5.92 Å². The van der Waals surface area contributed by atoms with Gasteiger partial charge in [-0.1, -0.05) is 6.08 Å². The second kappa shape index (κ2) is 2.19. The van der Waals surface area contributed by atoms with Crippen molar-refractivity contribution in [3.8, 4) is 0 Å². The van der Waals surface area contributed by atoms with Gasteiger partial charge in [-0.15, -0.1) is 0 Å². The highest BCUT2D eigenvalue weighted by Crippen LogP contribution is 2.24. The zero-order valence-corrected chi connectivity index (χ0v) is 4.87. The number of aliphatic carboxylic acids is 1. The molecular formula is C6H8O3. The highest BCUT2D eigenvalue weighted by molar-refractivity contribution is 5.88. The van der Waals surface area contributed by atoms with E-state index in [4.69, 9.17) is 10.2 Å². The molecule has 1 aliphatic carbocycles. The van der Waals surface area contributed by atoms with E-state index in [2.05, 4.69) is 0 Å². The van der Waals surface area contributed by atoms with Crippen molar-refractivity contribution in [3.05, 3.63) is 11.6 Å². The quantitative estimate of drug-likeness (QED) is 0.550. The van der Waals surface area contributed by atoms with Crippen molar-refractivity contribution < 1.29 is 15.0 Å². The smallest absolute Gasteiger partial charge is 0.331 e. The number of carboxylic acid groups (broad SMARTS) is 1. The maximum absolute atomic E-state index is 10.1. The first-order valence-corrected chi connectivity index (χ1v) is 2.79. The minimum absolute atomic E-state index is 0.0662. The lowest BCUT2D eigenvalue weighted by Crippen LogP contribution is -2.19. The van der Waals surface area contributed by atoms with Gasteiger partial charge in [0, 0.05) is 18.1 Å². The molecule has 1 rings (SSSR count). The number of carbonyl (C=O) groups is 1. The van der Waals surface area contributed by atoms with Gasteiger partial charge in [-0.05, 0) is 6.42 Å². The third-order valence-electron chi connectivity index (χ3n) is 1.43. The Hall–Kier alpha value is -0.830. The second-order valence-electron chi connectivity index (χ2n) is 2.14. The van der Waals surface area contributed by atoms with Crippen molar-refractivity contribution in [2.45, 2.75) is 6.42 Å². The van der Waals surface area contributed by atoms with Gasteiger partial charge in [0.05, 0.1) is 0 Å². The van der Waals surface area contributed by atoms with Crippen LogP contribution in [0.3, 0.4) is 0 Å². The Balaban J connectivity index is 2.44. The summed E-state index contributed by atoms with van der Waals surface area (Å²) >= 11 is 0. The SMILES string of the molecule is O=C(O)C1=CC(CO)C1. The van der Waals surface area contributed by atoms with Crippen LogP contribution in [0.1, 0.15) is 6.42 Å². The van der Waals surface area contributed by atoms with E-state index in [1.54, 1.807) is 6.08 Å². The Kier molecular flexibility index (Phi) is 1.53. The Bertz CT molecular complexity index is 160. The molecule has 50 valence electrons. The average molecular weight is 128 g/mol. The molecule has 2 N–H and O–H groups in total. The first-order chi connectivity index (χ1) is 4.24. The molecule has 3 nitrogen and oxygen atoms in total. The predicted octanol–water partition coefficient (Wildman–Crippen LogP) is 0.00960. The molecule has 0 bridgehead atoms. The molecule has 0 heterocycles. The summed E-state index contributed by atoms with van der Waals surface area (Å²) in [5.41, 5.74) is 0.425. The monoisotopic (exact) mass is 128 g/mol. The van der Waals surface area contributed by atoms with Crippen LogP contribution in [0.15, 0.2) is 11.6 Å². The summed E-state index contributed by atoms with van der Waals surface area (Å²) in [4.78, 5) is 10.1. The van der Waals surface area contributed by atoms with Crippen molar-refractivity contribution in [2.24, 2.45) is 5.92 Å². The van der Waals surface area contributed by atoms with Crippen molar-refractivity contribution in [2.75, 3.05) is 6.61 Å². The van der Waals surface area contributed by atoms with Crippen LogP contribution >= 0.6 is 0 Å². The van der Waals surface area contributed by atoms with Crippen molar-refractivity contribution in [1.82, 2.24) is 0 Å². The molecule has 0 aromatic heterocycles. The van der Waals surface area contributed by atoms with Gasteiger partial charge in [0.2, 0.25) is 0 Å². The molecule has 0 aromatic rings. The van der Waals surface area contributed by atoms with Crippen LogP contribution in [0.4, 0.5) is 0 Å². The normalized spacial score (nSPS) is 24.6. The van der Waals surface area contributed by atoms with Crippen molar-refractivity contribution >= 4 is 5.97 Å². The fourth-order valence-electron chi connectivity index (χ4n) is 0.809. The summed E-state index contributed by atoms with van der Waals surface area (Å²) in [6.45, 7) is 0.0662. The summed E-state index contributed by atoms with van der Waals surface area (Å²) in [6.07, 6.45) is 2.11. The number of hydrogen-bond acceptors (Lipinski definition) is 2. The summed E-state index contributed by atoms with van der Waals surface area (Å²) in [5, 5.41) is 16.7. The van der Waals surface area contributed by atoms with Crippen molar-refractivity contribution in [1.29, 1.82) is 0 Å². The molecule has 0 radical (unpaired) electrons. The van der Waals surface area contributed by atoms with E-state index < -0.39 is 5.97 Å². The van der Waals surface area contributed by atoms with Crippen LogP contribution in [0.5, 0.6) is 0 Å².